The van der Waals surface area contributed by atoms with Crippen molar-refractivity contribution in [1.29, 1.82) is 0 Å². The van der Waals surface area contributed by atoms with E-state index in [-0.39, 0.29) is 5.56 Å². The second kappa shape index (κ2) is 5.38. The predicted octanol–water partition coefficient (Wildman–Crippen LogP) is 2.10. The predicted molar refractivity (Wildman–Crippen MR) is 88.4 cm³/mol. The van der Waals surface area contributed by atoms with E-state index in [9.17, 15) is 4.79 Å². The lowest BCUT2D eigenvalue weighted by Gasteiger charge is -2.36. The van der Waals surface area contributed by atoms with Crippen LogP contribution in [-0.2, 0) is 13.1 Å². The zero-order valence-electron chi connectivity index (χ0n) is 13.5. The van der Waals surface area contributed by atoms with Gasteiger partial charge >= 0.3 is 0 Å². The molecule has 0 aliphatic carbocycles. The Labute approximate surface area is 134 Å². The molecule has 0 fully saturated rings. The number of nitrogens with zero attached hydrogens (tertiary/aromatic N) is 4. The number of aromatic nitrogens is 4. The first-order valence-corrected chi connectivity index (χ1v) is 8.13. The van der Waals surface area contributed by atoms with Crippen LogP contribution in [0.3, 0.4) is 0 Å². The first-order valence-electron chi connectivity index (χ1n) is 8.13. The van der Waals surface area contributed by atoms with E-state index in [1.54, 1.807) is 6.07 Å². The molecule has 6 heteroatoms. The van der Waals surface area contributed by atoms with E-state index in [2.05, 4.69) is 44.8 Å². The molecule has 3 aromatic rings. The standard InChI is InChI=1S/C17H21N5O/c1-3-14-15-5-4-6-20(15)7-8-21(14)11-13-10-17(23)22-16(18-13)9-12(2)19-22/h4-6,9-10,14,19H,3,7-8,11H2,1-2H3/t14-/m0/s1. The lowest BCUT2D eigenvalue weighted by atomic mass is 10.1. The van der Waals surface area contributed by atoms with Crippen LogP contribution in [0, 0.1) is 6.92 Å². The van der Waals surface area contributed by atoms with Crippen molar-refractivity contribution in [3.05, 3.63) is 57.9 Å². The molecule has 120 valence electrons. The van der Waals surface area contributed by atoms with Crippen molar-refractivity contribution in [2.24, 2.45) is 0 Å². The zero-order chi connectivity index (χ0) is 16.0. The van der Waals surface area contributed by atoms with Crippen molar-refractivity contribution < 1.29 is 0 Å². The third-order valence-electron chi connectivity index (χ3n) is 4.66. The summed E-state index contributed by atoms with van der Waals surface area (Å²) < 4.78 is 3.82. The van der Waals surface area contributed by atoms with Crippen LogP contribution in [0.4, 0.5) is 0 Å². The molecule has 23 heavy (non-hydrogen) atoms. The molecule has 0 aromatic carbocycles. The number of hydrogen-bond acceptors (Lipinski definition) is 3. The summed E-state index contributed by atoms with van der Waals surface area (Å²) in [6, 6.07) is 8.24. The number of nitrogens with one attached hydrogen (secondary N) is 1. The fourth-order valence-corrected chi connectivity index (χ4v) is 3.62. The number of aromatic amines is 1. The minimum Gasteiger partial charge on any atom is -0.349 e. The molecule has 0 saturated heterocycles. The molecule has 0 saturated carbocycles. The van der Waals surface area contributed by atoms with Gasteiger partial charge in [0, 0.05) is 49.4 Å². The fourth-order valence-electron chi connectivity index (χ4n) is 3.62. The van der Waals surface area contributed by atoms with E-state index in [0.29, 0.717) is 18.2 Å². The highest BCUT2D eigenvalue weighted by molar-refractivity contribution is 5.39. The van der Waals surface area contributed by atoms with E-state index in [4.69, 9.17) is 0 Å². The summed E-state index contributed by atoms with van der Waals surface area (Å²) in [6.07, 6.45) is 3.20. The average Bonchev–Trinajstić information content (AvgIpc) is 3.13. The van der Waals surface area contributed by atoms with Gasteiger partial charge in [0.2, 0.25) is 0 Å². The summed E-state index contributed by atoms with van der Waals surface area (Å²) in [5.41, 5.74) is 3.78. The Hall–Kier alpha value is -2.34. The largest absolute Gasteiger partial charge is 0.349 e. The molecule has 1 aliphatic heterocycles. The quantitative estimate of drug-likeness (QED) is 0.806. The van der Waals surface area contributed by atoms with Gasteiger partial charge in [0.15, 0.2) is 5.65 Å². The molecule has 1 N–H and O–H groups in total. The second-order valence-electron chi connectivity index (χ2n) is 6.24. The highest BCUT2D eigenvalue weighted by Crippen LogP contribution is 2.29. The van der Waals surface area contributed by atoms with Gasteiger partial charge in [-0.05, 0) is 25.5 Å². The smallest absolute Gasteiger partial charge is 0.272 e. The molecule has 0 radical (unpaired) electrons. The van der Waals surface area contributed by atoms with Crippen molar-refractivity contribution in [3.8, 4) is 0 Å². The van der Waals surface area contributed by atoms with Crippen LogP contribution < -0.4 is 5.56 Å². The van der Waals surface area contributed by atoms with Gasteiger partial charge in [-0.3, -0.25) is 14.8 Å². The Kier molecular flexibility index (Phi) is 3.34. The fraction of sp³-hybridized carbons (Fsp3) is 0.412. The molecular formula is C17H21N5O. The second-order valence-corrected chi connectivity index (χ2v) is 6.24. The van der Waals surface area contributed by atoms with E-state index in [0.717, 1.165) is 30.9 Å². The van der Waals surface area contributed by atoms with Gasteiger partial charge in [0.1, 0.15) is 0 Å². The lowest BCUT2D eigenvalue weighted by Crippen LogP contribution is -2.37. The van der Waals surface area contributed by atoms with E-state index in [1.807, 2.05) is 13.0 Å². The minimum atomic E-state index is -0.0495. The van der Waals surface area contributed by atoms with E-state index in [1.165, 1.54) is 10.2 Å². The van der Waals surface area contributed by atoms with Gasteiger partial charge in [-0.25, -0.2) is 9.50 Å². The molecule has 6 nitrogen and oxygen atoms in total. The number of H-pyrrole nitrogens is 1. The average molecular weight is 311 g/mol. The van der Waals surface area contributed by atoms with Crippen LogP contribution in [0.1, 0.15) is 36.5 Å². The minimum absolute atomic E-state index is 0.0495. The van der Waals surface area contributed by atoms with Crippen LogP contribution in [0.5, 0.6) is 0 Å². The Bertz CT molecular complexity index is 903. The summed E-state index contributed by atoms with van der Waals surface area (Å²) in [4.78, 5) is 19.3. The highest BCUT2D eigenvalue weighted by atomic mass is 16.1. The summed E-state index contributed by atoms with van der Waals surface area (Å²) in [7, 11) is 0. The SMILES string of the molecule is CC[C@H]1c2cccn2CCN1Cc1cc(=O)n2[nH]c(C)cc2n1. The van der Waals surface area contributed by atoms with Crippen molar-refractivity contribution >= 4 is 5.65 Å². The summed E-state index contributed by atoms with van der Waals surface area (Å²) in [5.74, 6) is 0. The van der Waals surface area contributed by atoms with Crippen molar-refractivity contribution in [2.45, 2.75) is 39.4 Å². The molecule has 4 heterocycles. The molecule has 1 aliphatic rings. The van der Waals surface area contributed by atoms with Crippen LogP contribution in [0.15, 0.2) is 35.3 Å². The Morgan fingerprint density at radius 1 is 1.35 bits per heavy atom. The van der Waals surface area contributed by atoms with E-state index < -0.39 is 0 Å². The molecular weight excluding hydrogens is 290 g/mol. The van der Waals surface area contributed by atoms with Gasteiger partial charge in [0.25, 0.3) is 5.56 Å². The summed E-state index contributed by atoms with van der Waals surface area (Å²) >= 11 is 0. The Morgan fingerprint density at radius 2 is 2.22 bits per heavy atom. The van der Waals surface area contributed by atoms with Crippen LogP contribution in [-0.4, -0.2) is 30.6 Å². The monoisotopic (exact) mass is 311 g/mol. The van der Waals surface area contributed by atoms with Crippen molar-refractivity contribution in [3.63, 3.8) is 0 Å². The van der Waals surface area contributed by atoms with Gasteiger partial charge < -0.3 is 4.57 Å². The molecule has 3 aromatic heterocycles. The number of rotatable bonds is 3. The number of hydrogen-bond donors (Lipinski definition) is 1. The normalized spacial score (nSPS) is 18.4. The van der Waals surface area contributed by atoms with E-state index >= 15 is 0 Å². The van der Waals surface area contributed by atoms with Gasteiger partial charge in [-0.15, -0.1) is 0 Å². The van der Waals surface area contributed by atoms with Gasteiger partial charge in [-0.1, -0.05) is 6.92 Å². The van der Waals surface area contributed by atoms with Crippen molar-refractivity contribution in [1.82, 2.24) is 24.1 Å². The van der Waals surface area contributed by atoms with Gasteiger partial charge in [-0.2, -0.15) is 0 Å². The maximum Gasteiger partial charge on any atom is 0.272 e. The first-order chi connectivity index (χ1) is 11.2. The van der Waals surface area contributed by atoms with Crippen molar-refractivity contribution in [2.75, 3.05) is 6.54 Å². The third kappa shape index (κ3) is 2.39. The van der Waals surface area contributed by atoms with Crippen LogP contribution in [0.2, 0.25) is 0 Å². The molecule has 4 rings (SSSR count). The van der Waals surface area contributed by atoms with Gasteiger partial charge in [0.05, 0.1) is 11.7 Å². The molecule has 0 amide bonds. The summed E-state index contributed by atoms with van der Waals surface area (Å²) in [6.45, 7) is 6.82. The third-order valence-corrected chi connectivity index (χ3v) is 4.66. The first kappa shape index (κ1) is 14.3. The zero-order valence-corrected chi connectivity index (χ0v) is 13.5. The van der Waals surface area contributed by atoms with Crippen LogP contribution >= 0.6 is 0 Å². The Balaban J connectivity index is 1.66. The van der Waals surface area contributed by atoms with Crippen LogP contribution in [0.25, 0.3) is 5.65 Å². The number of fused-ring (bicyclic) bond motifs is 2. The maximum atomic E-state index is 12.2. The molecule has 0 bridgehead atoms. The molecule has 1 atom stereocenters. The highest BCUT2D eigenvalue weighted by Gasteiger charge is 2.26. The summed E-state index contributed by atoms with van der Waals surface area (Å²) in [5, 5.41) is 3.01. The molecule has 0 unspecified atom stereocenters. The topological polar surface area (TPSA) is 58.3 Å². The maximum absolute atomic E-state index is 12.2. The lowest BCUT2D eigenvalue weighted by molar-refractivity contribution is 0.142. The molecule has 0 spiro atoms. The Morgan fingerprint density at radius 3 is 3.04 bits per heavy atom. The number of aryl methyl sites for hydroxylation is 1.